The first-order chi connectivity index (χ1) is 9.08. The van der Waals surface area contributed by atoms with Gasteiger partial charge in [0, 0.05) is 6.04 Å². The zero-order valence-electron chi connectivity index (χ0n) is 11.7. The van der Waals surface area contributed by atoms with Gasteiger partial charge in [0.15, 0.2) is 0 Å². The van der Waals surface area contributed by atoms with Crippen LogP contribution in [0, 0.1) is 49.3 Å². The highest BCUT2D eigenvalue weighted by Gasteiger charge is 2.66. The van der Waals surface area contributed by atoms with Gasteiger partial charge in [-0.3, -0.25) is 0 Å². The van der Waals surface area contributed by atoms with Gasteiger partial charge in [0.2, 0.25) is 0 Å². The van der Waals surface area contributed by atoms with Crippen molar-refractivity contribution in [2.24, 2.45) is 35.3 Å². The Morgan fingerprint density at radius 2 is 1.63 bits per heavy atom. The van der Waals surface area contributed by atoms with E-state index in [4.69, 9.17) is 5.73 Å². The number of hydrogen-bond acceptors (Lipinski definition) is 1. The maximum Gasteiger partial charge on any atom is 0.123 e. The van der Waals surface area contributed by atoms with Gasteiger partial charge in [0.05, 0.1) is 0 Å². The first-order valence-corrected chi connectivity index (χ1v) is 7.60. The summed E-state index contributed by atoms with van der Waals surface area (Å²) in [4.78, 5) is 0. The predicted octanol–water partition coefficient (Wildman–Crippen LogP) is 3.73. The minimum atomic E-state index is -0.137. The summed E-state index contributed by atoms with van der Waals surface area (Å²) in [5.41, 5.74) is 9.84. The second-order valence-electron chi connectivity index (χ2n) is 7.04. The molecule has 0 saturated heterocycles. The summed E-state index contributed by atoms with van der Waals surface area (Å²) in [6, 6.07) is 3.39. The molecule has 5 unspecified atom stereocenters. The lowest BCUT2D eigenvalue weighted by molar-refractivity contribution is 0.416. The average Bonchev–Trinajstić information content (AvgIpc) is 2.77. The van der Waals surface area contributed by atoms with Crippen LogP contribution in [0.2, 0.25) is 0 Å². The van der Waals surface area contributed by atoms with Crippen molar-refractivity contribution in [3.8, 4) is 0 Å². The summed E-state index contributed by atoms with van der Waals surface area (Å²) in [6.07, 6.45) is 4.31. The number of halogens is 1. The zero-order valence-corrected chi connectivity index (χ0v) is 11.7. The molecule has 1 nitrogen and oxygen atoms in total. The van der Waals surface area contributed by atoms with Crippen molar-refractivity contribution in [3.05, 3.63) is 34.6 Å². The first-order valence-electron chi connectivity index (χ1n) is 7.60. The van der Waals surface area contributed by atoms with Crippen LogP contribution in [0.25, 0.3) is 0 Å². The van der Waals surface area contributed by atoms with Crippen LogP contribution in [0.3, 0.4) is 0 Å². The van der Waals surface area contributed by atoms with Crippen LogP contribution in [-0.4, -0.2) is 0 Å². The van der Waals surface area contributed by atoms with Crippen molar-refractivity contribution in [2.75, 3.05) is 0 Å². The third kappa shape index (κ3) is 1.56. The van der Waals surface area contributed by atoms with Gasteiger partial charge in [-0.1, -0.05) is 0 Å². The van der Waals surface area contributed by atoms with Gasteiger partial charge < -0.3 is 5.73 Å². The van der Waals surface area contributed by atoms with Gasteiger partial charge in [-0.2, -0.15) is 0 Å². The normalized spacial score (nSPS) is 40.3. The highest BCUT2D eigenvalue weighted by molar-refractivity contribution is 5.39. The molecule has 2 bridgehead atoms. The molecule has 2 N–H and O–H groups in total. The Morgan fingerprint density at radius 3 is 2.16 bits per heavy atom. The summed E-state index contributed by atoms with van der Waals surface area (Å²) >= 11 is 0. The highest BCUT2D eigenvalue weighted by atomic mass is 19.1. The van der Waals surface area contributed by atoms with E-state index in [0.717, 1.165) is 34.8 Å². The van der Waals surface area contributed by atoms with Gasteiger partial charge in [-0.25, -0.2) is 4.39 Å². The number of hydrogen-bond donors (Lipinski definition) is 1. The molecule has 102 valence electrons. The Balaban J connectivity index is 1.64. The van der Waals surface area contributed by atoms with E-state index in [1.807, 2.05) is 13.8 Å². The molecule has 0 aliphatic heterocycles. The maximum atomic E-state index is 13.4. The van der Waals surface area contributed by atoms with Crippen LogP contribution >= 0.6 is 0 Å². The maximum absolute atomic E-state index is 13.4. The van der Waals surface area contributed by atoms with Gasteiger partial charge in [-0.05, 0) is 91.5 Å². The third-order valence-electron chi connectivity index (χ3n) is 6.10. The minimum absolute atomic E-state index is 0.124. The molecule has 0 heterocycles. The lowest BCUT2D eigenvalue weighted by Crippen LogP contribution is -2.19. The van der Waals surface area contributed by atoms with Crippen LogP contribution in [0.1, 0.15) is 42.0 Å². The van der Waals surface area contributed by atoms with Gasteiger partial charge in [0.25, 0.3) is 0 Å². The summed E-state index contributed by atoms with van der Waals surface area (Å²) in [5.74, 6) is 4.21. The van der Waals surface area contributed by atoms with Gasteiger partial charge in [-0.15, -0.1) is 0 Å². The summed E-state index contributed by atoms with van der Waals surface area (Å²) in [7, 11) is 0. The average molecular weight is 259 g/mol. The lowest BCUT2D eigenvalue weighted by Gasteiger charge is -2.21. The van der Waals surface area contributed by atoms with Crippen molar-refractivity contribution in [1.82, 2.24) is 0 Å². The molecule has 0 radical (unpaired) electrons. The molecule has 0 spiro atoms. The summed E-state index contributed by atoms with van der Waals surface area (Å²) in [6.45, 7) is 4.00. The summed E-state index contributed by atoms with van der Waals surface area (Å²) < 4.78 is 13.4. The van der Waals surface area contributed by atoms with Crippen molar-refractivity contribution >= 4 is 0 Å². The second kappa shape index (κ2) is 3.82. The largest absolute Gasteiger partial charge is 0.324 e. The van der Waals surface area contributed by atoms with E-state index in [9.17, 15) is 4.39 Å². The fourth-order valence-corrected chi connectivity index (χ4v) is 5.51. The van der Waals surface area contributed by atoms with Crippen LogP contribution < -0.4 is 5.73 Å². The van der Waals surface area contributed by atoms with Crippen LogP contribution in [0.4, 0.5) is 4.39 Å². The topological polar surface area (TPSA) is 26.0 Å². The molecule has 0 amide bonds. The molecule has 1 aromatic carbocycles. The van der Waals surface area contributed by atoms with Crippen molar-refractivity contribution < 1.29 is 4.39 Å². The number of nitrogens with two attached hydrogens (primary N) is 1. The van der Waals surface area contributed by atoms with Crippen LogP contribution in [0.15, 0.2) is 12.1 Å². The van der Waals surface area contributed by atoms with Crippen molar-refractivity contribution in [1.29, 1.82) is 0 Å². The summed E-state index contributed by atoms with van der Waals surface area (Å²) in [5, 5.41) is 0. The molecular weight excluding hydrogens is 237 g/mol. The van der Waals surface area contributed by atoms with Gasteiger partial charge in [0.1, 0.15) is 5.82 Å². The first kappa shape index (κ1) is 11.9. The number of aryl methyl sites for hydroxylation is 2. The van der Waals surface area contributed by atoms with E-state index in [-0.39, 0.29) is 11.9 Å². The molecule has 4 rings (SSSR count). The molecule has 5 atom stereocenters. The van der Waals surface area contributed by atoms with E-state index in [1.54, 1.807) is 12.1 Å². The second-order valence-corrected chi connectivity index (χ2v) is 7.04. The molecule has 3 aliphatic rings. The SMILES string of the molecule is Cc1cc(F)cc(C)c1C(N)C1C2C3CCC(C3)C21. The fourth-order valence-electron chi connectivity index (χ4n) is 5.51. The predicted molar refractivity (Wildman–Crippen MR) is 74.1 cm³/mol. The highest BCUT2D eigenvalue weighted by Crippen LogP contribution is 2.72. The molecular formula is C17H22FN. The van der Waals surface area contributed by atoms with Crippen LogP contribution in [0.5, 0.6) is 0 Å². The molecule has 3 aliphatic carbocycles. The zero-order chi connectivity index (χ0) is 13.3. The number of fused-ring (bicyclic) bond motifs is 5. The molecule has 1 aromatic rings. The lowest BCUT2D eigenvalue weighted by atomic mass is 9.89. The Bertz CT molecular complexity index is 499. The molecule has 2 heteroatoms. The van der Waals surface area contributed by atoms with E-state index >= 15 is 0 Å². The van der Waals surface area contributed by atoms with Crippen molar-refractivity contribution in [2.45, 2.75) is 39.2 Å². The monoisotopic (exact) mass is 259 g/mol. The minimum Gasteiger partial charge on any atom is -0.324 e. The number of benzene rings is 1. The Labute approximate surface area is 114 Å². The number of rotatable bonds is 2. The van der Waals surface area contributed by atoms with E-state index in [1.165, 1.54) is 24.8 Å². The fraction of sp³-hybridized carbons (Fsp3) is 0.647. The Morgan fingerprint density at radius 1 is 1.11 bits per heavy atom. The van der Waals surface area contributed by atoms with Gasteiger partial charge >= 0.3 is 0 Å². The van der Waals surface area contributed by atoms with Crippen LogP contribution in [-0.2, 0) is 0 Å². The Hall–Kier alpha value is -0.890. The smallest absolute Gasteiger partial charge is 0.123 e. The standard InChI is InChI=1S/C17H22FN/c1-8-5-12(18)6-9(2)13(8)17(19)16-14-10-3-4-11(7-10)15(14)16/h5-6,10-11,14-17H,3-4,7,19H2,1-2H3. The third-order valence-corrected chi connectivity index (χ3v) is 6.10. The Kier molecular flexibility index (Phi) is 2.39. The molecule has 3 saturated carbocycles. The van der Waals surface area contributed by atoms with Crippen molar-refractivity contribution in [3.63, 3.8) is 0 Å². The van der Waals surface area contributed by atoms with E-state index < -0.39 is 0 Å². The van der Waals surface area contributed by atoms with E-state index in [0.29, 0.717) is 5.92 Å². The quantitative estimate of drug-likeness (QED) is 0.860. The van der Waals surface area contributed by atoms with E-state index in [2.05, 4.69) is 0 Å². The molecule has 3 fully saturated rings. The molecule has 19 heavy (non-hydrogen) atoms. The molecule has 0 aromatic heterocycles.